The second kappa shape index (κ2) is 16.0. The van der Waals surface area contributed by atoms with Crippen LogP contribution in [0.3, 0.4) is 0 Å². The van der Waals surface area contributed by atoms with Gasteiger partial charge in [0, 0.05) is 6.42 Å². The lowest BCUT2D eigenvalue weighted by Gasteiger charge is -1.98. The number of carboxylic acid groups (broad SMARTS) is 1. The van der Waals surface area contributed by atoms with E-state index in [9.17, 15) is 4.79 Å². The van der Waals surface area contributed by atoms with Gasteiger partial charge in [0.25, 0.3) is 0 Å². The molecule has 0 bridgehead atoms. The molecule has 0 saturated heterocycles. The van der Waals surface area contributed by atoms with Crippen molar-refractivity contribution >= 4 is 28.6 Å². The van der Waals surface area contributed by atoms with Gasteiger partial charge in [0.2, 0.25) is 0 Å². The lowest BCUT2D eigenvalue weighted by Crippen LogP contribution is -1.93. The highest BCUT2D eigenvalue weighted by molar-refractivity contribution is 14.1. The van der Waals surface area contributed by atoms with Gasteiger partial charge in [-0.2, -0.15) is 0 Å². The molecule has 0 aromatic heterocycles. The molecular formula is C16H29IO2. The molecule has 0 atom stereocenters. The van der Waals surface area contributed by atoms with E-state index in [0.29, 0.717) is 6.42 Å². The molecule has 0 amide bonds. The Labute approximate surface area is 132 Å². The van der Waals surface area contributed by atoms with Crippen LogP contribution in [0.4, 0.5) is 0 Å². The standard InChI is InChI=1S/C16H29IO2/c17-15-13-11-9-7-5-3-1-2-4-6-8-10-12-14-16(18)19/h1,3H,2,4-15H2,(H,18,19)/b3-1+. The fourth-order valence-electron chi connectivity index (χ4n) is 2.01. The lowest BCUT2D eigenvalue weighted by atomic mass is 10.1. The molecule has 2 nitrogen and oxygen atoms in total. The highest BCUT2D eigenvalue weighted by Gasteiger charge is 1.95. The van der Waals surface area contributed by atoms with E-state index in [0.717, 1.165) is 12.8 Å². The van der Waals surface area contributed by atoms with Crippen molar-refractivity contribution in [3.8, 4) is 0 Å². The molecule has 0 heterocycles. The van der Waals surface area contributed by atoms with Gasteiger partial charge in [0.05, 0.1) is 0 Å². The summed E-state index contributed by atoms with van der Waals surface area (Å²) in [6.07, 6.45) is 18.4. The van der Waals surface area contributed by atoms with Crippen LogP contribution < -0.4 is 0 Å². The smallest absolute Gasteiger partial charge is 0.303 e. The van der Waals surface area contributed by atoms with E-state index >= 15 is 0 Å². The van der Waals surface area contributed by atoms with Gasteiger partial charge in [-0.1, -0.05) is 66.8 Å². The van der Waals surface area contributed by atoms with Crippen molar-refractivity contribution in [3.05, 3.63) is 12.2 Å². The molecule has 0 spiro atoms. The number of aliphatic carboxylic acids is 1. The Morgan fingerprint density at radius 1 is 0.789 bits per heavy atom. The SMILES string of the molecule is O=C(O)CCCCCCC/C=C/CCCCCCI. The zero-order valence-corrected chi connectivity index (χ0v) is 14.2. The van der Waals surface area contributed by atoms with Crippen molar-refractivity contribution in [1.82, 2.24) is 0 Å². The van der Waals surface area contributed by atoms with Crippen molar-refractivity contribution in [2.75, 3.05) is 4.43 Å². The summed E-state index contributed by atoms with van der Waals surface area (Å²) in [6.45, 7) is 0. The van der Waals surface area contributed by atoms with E-state index in [2.05, 4.69) is 34.7 Å². The molecule has 0 unspecified atom stereocenters. The third-order valence-electron chi connectivity index (χ3n) is 3.18. The Kier molecular flexibility index (Phi) is 15.9. The third-order valence-corrected chi connectivity index (χ3v) is 3.95. The lowest BCUT2D eigenvalue weighted by molar-refractivity contribution is -0.137. The van der Waals surface area contributed by atoms with Crippen LogP contribution >= 0.6 is 22.6 Å². The maximum atomic E-state index is 10.3. The zero-order chi connectivity index (χ0) is 14.2. The van der Waals surface area contributed by atoms with Crippen molar-refractivity contribution in [3.63, 3.8) is 0 Å². The summed E-state index contributed by atoms with van der Waals surface area (Å²) in [5.41, 5.74) is 0. The first-order valence-corrected chi connectivity index (χ1v) is 9.22. The molecule has 112 valence electrons. The largest absolute Gasteiger partial charge is 0.481 e. The third kappa shape index (κ3) is 17.9. The van der Waals surface area contributed by atoms with Gasteiger partial charge in [-0.3, -0.25) is 4.79 Å². The average molecular weight is 380 g/mol. The Balaban J connectivity index is 3.06. The van der Waals surface area contributed by atoms with E-state index in [1.165, 1.54) is 62.2 Å². The highest BCUT2D eigenvalue weighted by atomic mass is 127. The molecule has 0 rings (SSSR count). The number of carboxylic acids is 1. The molecule has 1 N–H and O–H groups in total. The van der Waals surface area contributed by atoms with Gasteiger partial charge in [0.1, 0.15) is 0 Å². The Morgan fingerprint density at radius 3 is 1.79 bits per heavy atom. The van der Waals surface area contributed by atoms with E-state index in [1.54, 1.807) is 0 Å². The van der Waals surface area contributed by atoms with Gasteiger partial charge >= 0.3 is 5.97 Å². The summed E-state index contributed by atoms with van der Waals surface area (Å²) in [6, 6.07) is 0. The van der Waals surface area contributed by atoms with Gasteiger partial charge in [-0.15, -0.1) is 0 Å². The van der Waals surface area contributed by atoms with Crippen molar-refractivity contribution in [2.24, 2.45) is 0 Å². The van der Waals surface area contributed by atoms with E-state index < -0.39 is 5.97 Å². The number of hydrogen-bond donors (Lipinski definition) is 1. The van der Waals surface area contributed by atoms with Crippen LogP contribution in [0.25, 0.3) is 0 Å². The van der Waals surface area contributed by atoms with Gasteiger partial charge < -0.3 is 5.11 Å². The normalized spacial score (nSPS) is 11.2. The summed E-state index contributed by atoms with van der Waals surface area (Å²) in [4.78, 5) is 10.3. The van der Waals surface area contributed by atoms with Gasteiger partial charge in [0.15, 0.2) is 0 Å². The summed E-state index contributed by atoms with van der Waals surface area (Å²) < 4.78 is 1.29. The quantitative estimate of drug-likeness (QED) is 0.180. The second-order valence-electron chi connectivity index (χ2n) is 5.06. The van der Waals surface area contributed by atoms with Crippen molar-refractivity contribution < 1.29 is 9.90 Å². The minimum Gasteiger partial charge on any atom is -0.481 e. The first kappa shape index (κ1) is 18.9. The first-order valence-electron chi connectivity index (χ1n) is 7.70. The average Bonchev–Trinajstić information content (AvgIpc) is 2.39. The highest BCUT2D eigenvalue weighted by Crippen LogP contribution is 2.09. The molecule has 0 aromatic rings. The minimum atomic E-state index is -0.665. The van der Waals surface area contributed by atoms with Crippen molar-refractivity contribution in [1.29, 1.82) is 0 Å². The minimum absolute atomic E-state index is 0.331. The maximum Gasteiger partial charge on any atom is 0.303 e. The topological polar surface area (TPSA) is 37.3 Å². The van der Waals surface area contributed by atoms with Crippen LogP contribution in [0.5, 0.6) is 0 Å². The van der Waals surface area contributed by atoms with Crippen LogP contribution in [0, 0.1) is 0 Å². The summed E-state index contributed by atoms with van der Waals surface area (Å²) in [5.74, 6) is -0.665. The number of hydrogen-bond acceptors (Lipinski definition) is 1. The van der Waals surface area contributed by atoms with E-state index in [-0.39, 0.29) is 0 Å². The van der Waals surface area contributed by atoms with Crippen molar-refractivity contribution in [2.45, 2.75) is 77.0 Å². The zero-order valence-electron chi connectivity index (χ0n) is 12.1. The first-order chi connectivity index (χ1) is 9.27. The molecule has 0 aromatic carbocycles. The number of carbonyl (C=O) groups is 1. The number of rotatable bonds is 14. The molecule has 0 aliphatic rings. The van der Waals surface area contributed by atoms with Crippen LogP contribution in [-0.4, -0.2) is 15.5 Å². The summed E-state index contributed by atoms with van der Waals surface area (Å²) in [5, 5.41) is 8.50. The molecule has 0 aliphatic heterocycles. The predicted molar refractivity (Wildman–Crippen MR) is 91.1 cm³/mol. The Hall–Kier alpha value is -0.0600. The second-order valence-corrected chi connectivity index (χ2v) is 6.14. The molecular weight excluding hydrogens is 351 g/mol. The monoisotopic (exact) mass is 380 g/mol. The maximum absolute atomic E-state index is 10.3. The summed E-state index contributed by atoms with van der Waals surface area (Å²) >= 11 is 2.44. The molecule has 0 saturated carbocycles. The molecule has 0 radical (unpaired) electrons. The molecule has 0 aliphatic carbocycles. The Bertz CT molecular complexity index is 227. The molecule has 3 heteroatoms. The number of allylic oxidation sites excluding steroid dienone is 2. The fourth-order valence-corrected chi connectivity index (χ4v) is 2.55. The molecule has 0 fully saturated rings. The van der Waals surface area contributed by atoms with Gasteiger partial charge in [-0.05, 0) is 43.0 Å². The van der Waals surface area contributed by atoms with Crippen LogP contribution in [0.1, 0.15) is 77.0 Å². The van der Waals surface area contributed by atoms with Crippen LogP contribution in [0.2, 0.25) is 0 Å². The number of halogens is 1. The predicted octanol–water partition coefficient (Wildman–Crippen LogP) is 5.74. The van der Waals surface area contributed by atoms with Gasteiger partial charge in [-0.25, -0.2) is 0 Å². The summed E-state index contributed by atoms with van der Waals surface area (Å²) in [7, 11) is 0. The number of alkyl halides is 1. The molecule has 19 heavy (non-hydrogen) atoms. The van der Waals surface area contributed by atoms with Crippen LogP contribution in [0.15, 0.2) is 12.2 Å². The van der Waals surface area contributed by atoms with E-state index in [1.807, 2.05) is 0 Å². The van der Waals surface area contributed by atoms with E-state index in [4.69, 9.17) is 5.11 Å². The Morgan fingerprint density at radius 2 is 1.26 bits per heavy atom. The fraction of sp³-hybridized carbons (Fsp3) is 0.812. The number of unbranched alkanes of at least 4 members (excludes halogenated alkanes) is 9. The van der Waals surface area contributed by atoms with Crippen LogP contribution in [-0.2, 0) is 4.79 Å².